The van der Waals surface area contributed by atoms with Gasteiger partial charge in [-0.3, -0.25) is 14.6 Å². The molecule has 0 saturated carbocycles. The topological polar surface area (TPSA) is 80.3 Å². The number of carbonyl (C=O) groups excluding carboxylic acids is 2. The first-order valence-corrected chi connectivity index (χ1v) is 9.71. The Kier molecular flexibility index (Phi) is 6.58. The van der Waals surface area contributed by atoms with Crippen molar-refractivity contribution >= 4 is 27.7 Å². The van der Waals surface area contributed by atoms with Crippen molar-refractivity contribution in [1.29, 1.82) is 0 Å². The predicted octanol–water partition coefficient (Wildman–Crippen LogP) is 2.44. The van der Waals surface area contributed by atoms with Crippen molar-refractivity contribution in [2.45, 2.75) is 18.3 Å². The van der Waals surface area contributed by atoms with Gasteiger partial charge in [0.25, 0.3) is 5.91 Å². The van der Waals surface area contributed by atoms with Crippen LogP contribution >= 0.6 is 15.9 Å². The maximum atomic E-state index is 13.0. The normalized spacial score (nSPS) is 15.7. The fraction of sp³-hybridized carbons (Fsp3) is 0.350. The van der Waals surface area contributed by atoms with Crippen LogP contribution in [0.25, 0.3) is 0 Å². The van der Waals surface area contributed by atoms with Gasteiger partial charge in [0.15, 0.2) is 0 Å². The number of nitrogens with zero attached hydrogens (tertiary/aromatic N) is 1. The summed E-state index contributed by atoms with van der Waals surface area (Å²) in [6.45, 7) is 1.83. The summed E-state index contributed by atoms with van der Waals surface area (Å²) < 4.78 is 6.45. The number of halogens is 1. The molecule has 6 nitrogen and oxygen atoms in total. The Labute approximate surface area is 166 Å². The van der Waals surface area contributed by atoms with E-state index in [-0.39, 0.29) is 11.8 Å². The largest absolute Gasteiger partial charge is 0.381 e. The van der Waals surface area contributed by atoms with E-state index in [1.165, 1.54) is 6.20 Å². The molecule has 2 aromatic rings. The molecule has 0 atom stereocenters. The lowest BCUT2D eigenvalue weighted by molar-refractivity contribution is -0.130. The van der Waals surface area contributed by atoms with Crippen molar-refractivity contribution in [1.82, 2.24) is 15.6 Å². The van der Waals surface area contributed by atoms with E-state index in [9.17, 15) is 9.59 Å². The number of aromatic nitrogens is 1. The number of carbonyl (C=O) groups is 2. The van der Waals surface area contributed by atoms with Crippen LogP contribution in [0.4, 0.5) is 0 Å². The lowest BCUT2D eigenvalue weighted by Crippen LogP contribution is -2.49. The fourth-order valence-electron chi connectivity index (χ4n) is 3.26. The highest BCUT2D eigenvalue weighted by Gasteiger charge is 2.41. The van der Waals surface area contributed by atoms with Crippen molar-refractivity contribution in [2.24, 2.45) is 0 Å². The van der Waals surface area contributed by atoms with Gasteiger partial charge in [0.1, 0.15) is 0 Å². The monoisotopic (exact) mass is 431 g/mol. The summed E-state index contributed by atoms with van der Waals surface area (Å²) in [5, 5.41) is 5.77. The zero-order chi connectivity index (χ0) is 19.1. The molecule has 0 bridgehead atoms. The molecule has 7 heteroatoms. The molecule has 0 radical (unpaired) electrons. The molecule has 0 aliphatic carbocycles. The van der Waals surface area contributed by atoms with E-state index >= 15 is 0 Å². The highest BCUT2D eigenvalue weighted by molar-refractivity contribution is 9.10. The highest BCUT2D eigenvalue weighted by atomic mass is 79.9. The Bertz CT molecular complexity index is 775. The molecule has 142 valence electrons. The summed E-state index contributed by atoms with van der Waals surface area (Å²) in [6, 6.07) is 11.3. The van der Waals surface area contributed by atoms with Gasteiger partial charge in [0.2, 0.25) is 5.91 Å². The summed E-state index contributed by atoms with van der Waals surface area (Å²) in [4.78, 5) is 29.0. The Hall–Kier alpha value is -2.25. The quantitative estimate of drug-likeness (QED) is 0.688. The van der Waals surface area contributed by atoms with Crippen LogP contribution in [0.5, 0.6) is 0 Å². The Morgan fingerprint density at radius 2 is 1.78 bits per heavy atom. The summed E-state index contributed by atoms with van der Waals surface area (Å²) >= 11 is 3.44. The second-order valence-electron chi connectivity index (χ2n) is 6.45. The van der Waals surface area contributed by atoms with E-state index in [4.69, 9.17) is 4.74 Å². The Morgan fingerprint density at radius 1 is 1.07 bits per heavy atom. The second kappa shape index (κ2) is 9.10. The Balaban J connectivity index is 1.58. The molecule has 0 unspecified atom stereocenters. The number of benzene rings is 1. The van der Waals surface area contributed by atoms with Gasteiger partial charge < -0.3 is 15.4 Å². The molecule has 2 N–H and O–H groups in total. The maximum Gasteiger partial charge on any atom is 0.252 e. The van der Waals surface area contributed by atoms with Crippen LogP contribution in [0.1, 0.15) is 28.8 Å². The summed E-state index contributed by atoms with van der Waals surface area (Å²) in [5.74, 6) is -0.227. The summed E-state index contributed by atoms with van der Waals surface area (Å²) in [6.07, 6.45) is 4.41. The number of ether oxygens (including phenoxy) is 1. The highest BCUT2D eigenvalue weighted by Crippen LogP contribution is 2.35. The van der Waals surface area contributed by atoms with Gasteiger partial charge in [-0.25, -0.2) is 0 Å². The average Bonchev–Trinajstić information content (AvgIpc) is 2.72. The van der Waals surface area contributed by atoms with Crippen LogP contribution in [0.3, 0.4) is 0 Å². The van der Waals surface area contributed by atoms with Gasteiger partial charge in [0, 0.05) is 43.2 Å². The van der Waals surface area contributed by atoms with Crippen LogP contribution in [0.15, 0.2) is 53.3 Å². The minimum absolute atomic E-state index is 0.0243. The molecule has 1 aliphatic heterocycles. The van der Waals surface area contributed by atoms with Gasteiger partial charge in [-0.15, -0.1) is 0 Å². The molecule has 2 heterocycles. The summed E-state index contributed by atoms with van der Waals surface area (Å²) in [7, 11) is 0. The zero-order valence-electron chi connectivity index (χ0n) is 14.9. The van der Waals surface area contributed by atoms with E-state index in [2.05, 4.69) is 31.5 Å². The first kappa shape index (κ1) is 19.5. The lowest BCUT2D eigenvalue weighted by Gasteiger charge is -2.36. The molecule has 1 saturated heterocycles. The second-order valence-corrected chi connectivity index (χ2v) is 7.37. The van der Waals surface area contributed by atoms with Crippen molar-refractivity contribution in [3.05, 3.63) is 64.4 Å². The van der Waals surface area contributed by atoms with E-state index in [0.717, 1.165) is 10.0 Å². The molecule has 1 aromatic carbocycles. The van der Waals surface area contributed by atoms with Crippen molar-refractivity contribution < 1.29 is 14.3 Å². The van der Waals surface area contributed by atoms with Crippen molar-refractivity contribution in [3.8, 4) is 0 Å². The minimum atomic E-state index is -0.591. The zero-order valence-corrected chi connectivity index (χ0v) is 16.5. The molecular formula is C20H22BrN3O3. The van der Waals surface area contributed by atoms with Gasteiger partial charge in [-0.05, 0) is 42.7 Å². The van der Waals surface area contributed by atoms with E-state index in [0.29, 0.717) is 44.7 Å². The maximum absolute atomic E-state index is 13.0. The minimum Gasteiger partial charge on any atom is -0.381 e. The van der Waals surface area contributed by atoms with Crippen LogP contribution < -0.4 is 10.6 Å². The van der Waals surface area contributed by atoms with Gasteiger partial charge in [0.05, 0.1) is 11.0 Å². The number of amides is 2. The van der Waals surface area contributed by atoms with Crippen LogP contribution in [-0.4, -0.2) is 43.1 Å². The van der Waals surface area contributed by atoms with Crippen LogP contribution in [0, 0.1) is 0 Å². The first-order valence-electron chi connectivity index (χ1n) is 8.92. The standard InChI is InChI=1S/C20H22BrN3O3/c21-17-5-3-16(4-6-17)20(7-12-27-13-8-20)19(26)24-11-10-23-18(25)15-2-1-9-22-14-15/h1-6,9,14H,7-8,10-13H2,(H,23,25)(H,24,26). The Morgan fingerprint density at radius 3 is 2.44 bits per heavy atom. The first-order chi connectivity index (χ1) is 13.1. The van der Waals surface area contributed by atoms with Crippen molar-refractivity contribution in [2.75, 3.05) is 26.3 Å². The summed E-state index contributed by atoms with van der Waals surface area (Å²) in [5.41, 5.74) is 0.900. The fourth-order valence-corrected chi connectivity index (χ4v) is 3.52. The molecule has 1 aliphatic rings. The lowest BCUT2D eigenvalue weighted by atomic mass is 9.73. The molecule has 1 fully saturated rings. The number of pyridine rings is 1. The third-order valence-electron chi connectivity index (χ3n) is 4.80. The van der Waals surface area contributed by atoms with Gasteiger partial charge in [-0.2, -0.15) is 0 Å². The molecule has 3 rings (SSSR count). The van der Waals surface area contributed by atoms with Gasteiger partial charge >= 0.3 is 0 Å². The number of rotatable bonds is 6. The number of nitrogens with one attached hydrogen (secondary N) is 2. The van der Waals surface area contributed by atoms with Crippen LogP contribution in [0.2, 0.25) is 0 Å². The molecule has 2 amide bonds. The molecule has 27 heavy (non-hydrogen) atoms. The van der Waals surface area contributed by atoms with Gasteiger partial charge in [-0.1, -0.05) is 28.1 Å². The smallest absolute Gasteiger partial charge is 0.252 e. The molecular weight excluding hydrogens is 410 g/mol. The average molecular weight is 432 g/mol. The van der Waals surface area contributed by atoms with E-state index < -0.39 is 5.41 Å². The predicted molar refractivity (Wildman–Crippen MR) is 105 cm³/mol. The van der Waals surface area contributed by atoms with E-state index in [1.807, 2.05) is 24.3 Å². The number of hydrogen-bond acceptors (Lipinski definition) is 4. The number of hydrogen-bond donors (Lipinski definition) is 2. The van der Waals surface area contributed by atoms with E-state index in [1.54, 1.807) is 18.3 Å². The third kappa shape index (κ3) is 4.73. The van der Waals surface area contributed by atoms with Crippen LogP contribution in [-0.2, 0) is 14.9 Å². The SMILES string of the molecule is O=C(NCCNC(=O)C1(c2ccc(Br)cc2)CCOCC1)c1cccnc1. The third-order valence-corrected chi connectivity index (χ3v) is 5.33. The molecule has 1 aromatic heterocycles. The van der Waals surface area contributed by atoms with Crippen molar-refractivity contribution in [3.63, 3.8) is 0 Å². The molecule has 0 spiro atoms.